The molecular weight excluding hydrogens is 516 g/mol. The Morgan fingerprint density at radius 1 is 1.03 bits per heavy atom. The summed E-state index contributed by atoms with van der Waals surface area (Å²) >= 11 is 6.14. The minimum Gasteiger partial charge on any atom is -0.619 e. The number of rotatable bonds is 6. The maximum absolute atomic E-state index is 13.6. The van der Waals surface area contributed by atoms with E-state index in [1.807, 2.05) is 12.1 Å². The first-order valence-corrected chi connectivity index (χ1v) is 13.5. The van der Waals surface area contributed by atoms with Gasteiger partial charge in [0.25, 0.3) is 15.9 Å². The fourth-order valence-electron chi connectivity index (χ4n) is 4.56. The van der Waals surface area contributed by atoms with Crippen molar-refractivity contribution in [3.8, 4) is 11.1 Å². The van der Waals surface area contributed by atoms with E-state index in [2.05, 4.69) is 4.98 Å². The molecule has 0 saturated carbocycles. The summed E-state index contributed by atoms with van der Waals surface area (Å²) in [6.45, 7) is 1.01. The number of carbonyl (C=O) groups is 1. The van der Waals surface area contributed by atoms with Crippen molar-refractivity contribution in [3.05, 3.63) is 88.3 Å². The van der Waals surface area contributed by atoms with Crippen LogP contribution in [0.4, 0.5) is 0 Å². The third kappa shape index (κ3) is 4.93. The number of H-pyrrole nitrogens is 1. The fourth-order valence-corrected chi connectivity index (χ4v) is 6.35. The maximum atomic E-state index is 13.6. The quantitative estimate of drug-likeness (QED) is 0.298. The number of nitrogens with one attached hydrogen (secondary N) is 1. The van der Waals surface area contributed by atoms with Crippen molar-refractivity contribution in [2.75, 3.05) is 33.3 Å². The van der Waals surface area contributed by atoms with Crippen LogP contribution in [0, 0.1) is 5.21 Å². The Bertz CT molecular complexity index is 1540. The lowest BCUT2D eigenvalue weighted by Gasteiger charge is -2.34. The fraction of sp³-hybridized carbons (Fsp3) is 0.231. The number of aromatic amines is 1. The molecule has 1 aliphatic heterocycles. The molecule has 37 heavy (non-hydrogen) atoms. The molecule has 4 aromatic rings. The number of fused-ring (bicyclic) bond motifs is 1. The summed E-state index contributed by atoms with van der Waals surface area (Å²) in [4.78, 5) is 17.8. The van der Waals surface area contributed by atoms with Crippen molar-refractivity contribution in [1.29, 1.82) is 0 Å². The molecule has 1 aliphatic rings. The first-order valence-electron chi connectivity index (χ1n) is 11.7. The number of pyridine rings is 1. The SMILES string of the molecule is COCc1c(S(=O)(=O)N2CCN(C(=O)c3ccc(-c4cc[n+]([O-])cc4)cc3)CC2)[nH]c2ccc(Cl)cc12. The molecule has 9 nitrogen and oxygen atoms in total. The van der Waals surface area contributed by atoms with Gasteiger partial charge < -0.3 is 19.8 Å². The van der Waals surface area contributed by atoms with E-state index in [0.717, 1.165) is 11.1 Å². The first-order chi connectivity index (χ1) is 17.8. The van der Waals surface area contributed by atoms with E-state index in [0.29, 0.717) is 31.8 Å². The lowest BCUT2D eigenvalue weighted by Crippen LogP contribution is -2.50. The number of hydrogen-bond donors (Lipinski definition) is 1. The Morgan fingerprint density at radius 2 is 1.68 bits per heavy atom. The van der Waals surface area contributed by atoms with Gasteiger partial charge in [-0.15, -0.1) is 0 Å². The van der Waals surface area contributed by atoms with Crippen LogP contribution in [-0.4, -0.2) is 61.8 Å². The van der Waals surface area contributed by atoms with Gasteiger partial charge in [-0.05, 0) is 41.5 Å². The van der Waals surface area contributed by atoms with Gasteiger partial charge in [-0.3, -0.25) is 4.79 Å². The van der Waals surface area contributed by atoms with E-state index in [9.17, 15) is 18.4 Å². The molecule has 5 rings (SSSR count). The number of amides is 1. The molecule has 1 saturated heterocycles. The van der Waals surface area contributed by atoms with Crippen LogP contribution in [0.1, 0.15) is 15.9 Å². The number of halogens is 1. The highest BCUT2D eigenvalue weighted by molar-refractivity contribution is 7.89. The van der Waals surface area contributed by atoms with E-state index >= 15 is 0 Å². The summed E-state index contributed by atoms with van der Waals surface area (Å²) in [6, 6.07) is 15.7. The number of methoxy groups -OCH3 is 1. The molecule has 3 heterocycles. The van der Waals surface area contributed by atoms with Crippen molar-refractivity contribution < 1.29 is 22.7 Å². The van der Waals surface area contributed by atoms with Crippen molar-refractivity contribution in [3.63, 3.8) is 0 Å². The molecule has 0 spiro atoms. The van der Waals surface area contributed by atoms with Gasteiger partial charge in [-0.1, -0.05) is 23.7 Å². The van der Waals surface area contributed by atoms with Gasteiger partial charge in [0, 0.05) is 72.5 Å². The van der Waals surface area contributed by atoms with E-state index in [-0.39, 0.29) is 43.7 Å². The normalized spacial score (nSPS) is 14.8. The first kappa shape index (κ1) is 25.2. The minimum atomic E-state index is -3.85. The number of piperazine rings is 1. The van der Waals surface area contributed by atoms with Gasteiger partial charge in [-0.2, -0.15) is 9.04 Å². The standard InChI is InChI=1S/C26H25ClN4O5S/c1-36-17-23-22-16-21(27)6-7-24(22)28-25(23)37(34,35)31-14-12-29(13-15-31)26(32)20-4-2-18(3-5-20)19-8-10-30(33)11-9-19/h2-11,16,28H,12-15,17H2,1H3. The smallest absolute Gasteiger partial charge is 0.259 e. The van der Waals surface area contributed by atoms with Gasteiger partial charge in [0.2, 0.25) is 0 Å². The number of aromatic nitrogens is 2. The van der Waals surface area contributed by atoms with Gasteiger partial charge in [0.05, 0.1) is 6.61 Å². The molecular formula is C26H25ClN4O5S. The molecule has 0 aliphatic carbocycles. The van der Waals surface area contributed by atoms with Crippen LogP contribution in [-0.2, 0) is 21.4 Å². The van der Waals surface area contributed by atoms with E-state index in [1.54, 1.807) is 47.4 Å². The van der Waals surface area contributed by atoms with Gasteiger partial charge >= 0.3 is 0 Å². The zero-order valence-corrected chi connectivity index (χ0v) is 21.6. The van der Waals surface area contributed by atoms with Gasteiger partial charge in [0.1, 0.15) is 0 Å². The van der Waals surface area contributed by atoms with Crippen LogP contribution in [0.5, 0.6) is 0 Å². The predicted molar refractivity (Wildman–Crippen MR) is 140 cm³/mol. The maximum Gasteiger partial charge on any atom is 0.259 e. The molecule has 0 bridgehead atoms. The largest absolute Gasteiger partial charge is 0.619 e. The number of sulfonamides is 1. The molecule has 192 valence electrons. The topological polar surface area (TPSA) is 110 Å². The summed E-state index contributed by atoms with van der Waals surface area (Å²) in [5.41, 5.74) is 3.47. The molecule has 1 amide bonds. The van der Waals surface area contributed by atoms with Gasteiger partial charge in [-0.25, -0.2) is 8.42 Å². The Labute approximate surface area is 219 Å². The third-order valence-corrected chi connectivity index (χ3v) is 8.65. The second kappa shape index (κ2) is 10.1. The van der Waals surface area contributed by atoms with Crippen LogP contribution in [0.25, 0.3) is 22.0 Å². The van der Waals surface area contributed by atoms with Gasteiger partial charge in [0.15, 0.2) is 17.4 Å². The number of carbonyl (C=O) groups excluding carboxylic acids is 1. The molecule has 11 heteroatoms. The average Bonchev–Trinajstić information content (AvgIpc) is 3.27. The number of hydrogen-bond acceptors (Lipinski definition) is 5. The van der Waals surface area contributed by atoms with Crippen LogP contribution in [0.2, 0.25) is 5.02 Å². The highest BCUT2D eigenvalue weighted by atomic mass is 35.5. The monoisotopic (exact) mass is 540 g/mol. The highest BCUT2D eigenvalue weighted by Crippen LogP contribution is 2.31. The third-order valence-electron chi connectivity index (χ3n) is 6.51. The zero-order chi connectivity index (χ0) is 26.2. The zero-order valence-electron chi connectivity index (χ0n) is 20.1. The minimum absolute atomic E-state index is 0.0883. The summed E-state index contributed by atoms with van der Waals surface area (Å²) in [7, 11) is -2.34. The molecule has 2 aromatic heterocycles. The van der Waals surface area contributed by atoms with Crippen LogP contribution in [0.3, 0.4) is 0 Å². The van der Waals surface area contributed by atoms with E-state index in [1.165, 1.54) is 23.8 Å². The average molecular weight is 541 g/mol. The predicted octanol–water partition coefficient (Wildman–Crippen LogP) is 3.41. The summed E-state index contributed by atoms with van der Waals surface area (Å²) in [5, 5.41) is 12.5. The van der Waals surface area contributed by atoms with Crippen LogP contribution in [0.15, 0.2) is 72.0 Å². The molecule has 1 N–H and O–H groups in total. The van der Waals surface area contributed by atoms with Crippen molar-refractivity contribution >= 4 is 38.4 Å². The Hall–Kier alpha value is -3.44. The molecule has 1 fully saturated rings. The van der Waals surface area contributed by atoms with E-state index in [4.69, 9.17) is 16.3 Å². The molecule has 0 unspecified atom stereocenters. The van der Waals surface area contributed by atoms with E-state index < -0.39 is 10.0 Å². The Kier molecular flexibility index (Phi) is 6.91. The molecule has 2 aromatic carbocycles. The number of ether oxygens (including phenoxy) is 1. The number of benzene rings is 2. The van der Waals surface area contributed by atoms with Crippen molar-refractivity contribution in [1.82, 2.24) is 14.2 Å². The lowest BCUT2D eigenvalue weighted by molar-refractivity contribution is -0.605. The molecule has 0 radical (unpaired) electrons. The van der Waals surface area contributed by atoms with Crippen LogP contribution < -0.4 is 4.73 Å². The Morgan fingerprint density at radius 3 is 2.32 bits per heavy atom. The second-order valence-electron chi connectivity index (χ2n) is 8.78. The number of nitrogens with zero attached hydrogens (tertiary/aromatic N) is 3. The molecule has 0 atom stereocenters. The van der Waals surface area contributed by atoms with Crippen LogP contribution >= 0.6 is 11.6 Å². The summed E-state index contributed by atoms with van der Waals surface area (Å²) < 4.78 is 34.5. The van der Waals surface area contributed by atoms with Crippen molar-refractivity contribution in [2.24, 2.45) is 0 Å². The highest BCUT2D eigenvalue weighted by Gasteiger charge is 2.33. The Balaban J connectivity index is 1.30. The second-order valence-corrected chi connectivity index (χ2v) is 11.1. The summed E-state index contributed by atoms with van der Waals surface area (Å²) in [5.74, 6) is -0.158. The van der Waals surface area contributed by atoms with Crippen molar-refractivity contribution in [2.45, 2.75) is 11.6 Å². The summed E-state index contributed by atoms with van der Waals surface area (Å²) in [6.07, 6.45) is 2.84. The lowest BCUT2D eigenvalue weighted by atomic mass is 10.0.